The van der Waals surface area contributed by atoms with Crippen LogP contribution in [-0.2, 0) is 17.8 Å². The molecular formula is C20H20N4O2Se. The Hall–Kier alpha value is -2.73. The van der Waals surface area contributed by atoms with E-state index in [1.807, 2.05) is 55.5 Å². The van der Waals surface area contributed by atoms with Gasteiger partial charge < -0.3 is 0 Å². The van der Waals surface area contributed by atoms with Crippen LogP contribution >= 0.6 is 0 Å². The summed E-state index contributed by atoms with van der Waals surface area (Å²) in [6, 6.07) is 15.2. The van der Waals surface area contributed by atoms with Gasteiger partial charge in [-0.1, -0.05) is 0 Å². The topological polar surface area (TPSA) is 97.1 Å². The number of nitrogens with one attached hydrogen (secondary N) is 2. The molecule has 0 aliphatic heterocycles. The van der Waals surface area contributed by atoms with Crippen molar-refractivity contribution in [3.63, 3.8) is 0 Å². The zero-order valence-electron chi connectivity index (χ0n) is 14.9. The fourth-order valence-corrected chi connectivity index (χ4v) is 4.02. The Morgan fingerprint density at radius 2 is 1.81 bits per heavy atom. The molecule has 0 saturated carbocycles. The zero-order valence-corrected chi connectivity index (χ0v) is 16.6. The van der Waals surface area contributed by atoms with Gasteiger partial charge in [0.2, 0.25) is 0 Å². The Kier molecular flexibility index (Phi) is 6.19. The third-order valence-corrected chi connectivity index (χ3v) is 5.86. The molecule has 0 aliphatic carbocycles. The monoisotopic (exact) mass is 428 g/mol. The average Bonchev–Trinajstić information content (AvgIpc) is 3.12. The quantitative estimate of drug-likeness (QED) is 0.526. The van der Waals surface area contributed by atoms with Gasteiger partial charge in [0, 0.05) is 0 Å². The number of hydrogen-bond acceptors (Lipinski definition) is 4. The van der Waals surface area contributed by atoms with Crippen LogP contribution in [0.3, 0.4) is 0 Å². The maximum absolute atomic E-state index is 12.4. The van der Waals surface area contributed by atoms with E-state index in [-0.39, 0.29) is 32.7 Å². The normalized spacial score (nSPS) is 10.4. The Morgan fingerprint density at radius 3 is 2.56 bits per heavy atom. The van der Waals surface area contributed by atoms with Crippen LogP contribution in [-0.4, -0.2) is 31.3 Å². The number of benzene rings is 2. The minimum atomic E-state index is -0.343. The molecule has 0 radical (unpaired) electrons. The summed E-state index contributed by atoms with van der Waals surface area (Å²) in [7, 11) is 0. The first-order valence-electron chi connectivity index (χ1n) is 8.45. The van der Waals surface area contributed by atoms with E-state index >= 15 is 0 Å². The molecule has 4 N–H and O–H groups in total. The minimum absolute atomic E-state index is 0.136. The number of rotatable bonds is 6. The fourth-order valence-electron chi connectivity index (χ4n) is 2.50. The molecule has 0 bridgehead atoms. The van der Waals surface area contributed by atoms with Crippen molar-refractivity contribution in [2.24, 2.45) is 5.73 Å². The predicted molar refractivity (Wildman–Crippen MR) is 107 cm³/mol. The summed E-state index contributed by atoms with van der Waals surface area (Å²) in [4.78, 5) is 28.8. The third-order valence-electron chi connectivity index (χ3n) is 3.95. The van der Waals surface area contributed by atoms with Crippen LogP contribution in [0, 0.1) is 6.92 Å². The average molecular weight is 427 g/mol. The number of nitrogens with zero attached hydrogens (tertiary/aromatic N) is 1. The van der Waals surface area contributed by atoms with Gasteiger partial charge in [0.15, 0.2) is 0 Å². The number of para-hydroxylation sites is 1. The van der Waals surface area contributed by atoms with Crippen molar-refractivity contribution in [3.8, 4) is 0 Å². The van der Waals surface area contributed by atoms with Crippen LogP contribution in [0.25, 0.3) is 0 Å². The molecule has 0 unspecified atom stereocenters. The fraction of sp³-hybridized carbons (Fsp3) is 0.150. The van der Waals surface area contributed by atoms with Crippen molar-refractivity contribution in [2.75, 3.05) is 10.6 Å². The number of carbonyl (C=O) groups is 2. The molecule has 0 saturated heterocycles. The van der Waals surface area contributed by atoms with E-state index in [1.165, 1.54) is 6.20 Å². The number of amides is 2. The molecule has 0 atom stereocenters. The van der Waals surface area contributed by atoms with E-state index in [0.29, 0.717) is 21.4 Å². The second kappa shape index (κ2) is 8.77. The summed E-state index contributed by atoms with van der Waals surface area (Å²) in [5.41, 5.74) is 9.34. The maximum atomic E-state index is 12.4. The summed E-state index contributed by atoms with van der Waals surface area (Å²) in [5.74, 6) is -0.356. The molecule has 0 spiro atoms. The van der Waals surface area contributed by atoms with Gasteiger partial charge in [0.05, 0.1) is 0 Å². The van der Waals surface area contributed by atoms with Gasteiger partial charge in [-0.05, 0) is 0 Å². The molecule has 7 heteroatoms. The summed E-state index contributed by atoms with van der Waals surface area (Å²) in [6.07, 6.45) is 1.79. The van der Waals surface area contributed by atoms with E-state index < -0.39 is 0 Å². The van der Waals surface area contributed by atoms with Gasteiger partial charge in [0.1, 0.15) is 0 Å². The van der Waals surface area contributed by atoms with Crippen LogP contribution < -0.4 is 16.4 Å². The van der Waals surface area contributed by atoms with Crippen LogP contribution in [0.1, 0.15) is 25.9 Å². The molecule has 2 amide bonds. The Labute approximate surface area is 163 Å². The van der Waals surface area contributed by atoms with Crippen LogP contribution in [0.2, 0.25) is 0 Å². The van der Waals surface area contributed by atoms with Gasteiger partial charge >= 0.3 is 163 Å². The van der Waals surface area contributed by atoms with Crippen molar-refractivity contribution in [1.82, 2.24) is 4.98 Å². The van der Waals surface area contributed by atoms with Crippen LogP contribution in [0.15, 0.2) is 54.7 Å². The molecule has 2 aromatic carbocycles. The van der Waals surface area contributed by atoms with Gasteiger partial charge in [-0.15, -0.1) is 0 Å². The third kappa shape index (κ3) is 5.14. The van der Waals surface area contributed by atoms with Gasteiger partial charge in [-0.25, -0.2) is 0 Å². The molecule has 27 heavy (non-hydrogen) atoms. The zero-order chi connectivity index (χ0) is 19.2. The van der Waals surface area contributed by atoms with E-state index in [4.69, 9.17) is 5.73 Å². The van der Waals surface area contributed by atoms with Gasteiger partial charge in [-0.2, -0.15) is 0 Å². The van der Waals surface area contributed by atoms with Gasteiger partial charge in [-0.3, -0.25) is 0 Å². The Balaban J connectivity index is 1.61. The molecule has 1 heterocycles. The predicted octanol–water partition coefficient (Wildman–Crippen LogP) is 2.34. The molecule has 0 aliphatic rings. The van der Waals surface area contributed by atoms with Crippen molar-refractivity contribution in [2.45, 2.75) is 19.9 Å². The molecule has 0 fully saturated rings. The molecule has 1 aromatic heterocycles. The van der Waals surface area contributed by atoms with Crippen LogP contribution in [0.4, 0.5) is 10.4 Å². The summed E-state index contributed by atoms with van der Waals surface area (Å²) < 4.78 is 1.09. The van der Waals surface area contributed by atoms with E-state index in [1.54, 1.807) is 0 Å². The number of nitrogens with two attached hydrogens (primary N) is 1. The first-order valence-corrected chi connectivity index (χ1v) is 10.2. The molecule has 138 valence electrons. The SMILES string of the molecule is Cc1ccc(CC(=O)Nc2ncc(C(=O)Nc3ccccc3CN)[se]2)cc1. The molecule has 6 nitrogen and oxygen atoms in total. The first kappa shape index (κ1) is 19.0. The number of anilines is 2. The van der Waals surface area contributed by atoms with Crippen molar-refractivity contribution in [3.05, 3.63) is 75.9 Å². The summed E-state index contributed by atoms with van der Waals surface area (Å²) in [6.45, 7) is 2.35. The Bertz CT molecular complexity index is 951. The van der Waals surface area contributed by atoms with Gasteiger partial charge in [0.25, 0.3) is 0 Å². The summed E-state index contributed by atoms with van der Waals surface area (Å²) >= 11 is -0.343. The van der Waals surface area contributed by atoms with Crippen molar-refractivity contribution >= 4 is 36.7 Å². The number of aromatic nitrogens is 1. The second-order valence-electron chi connectivity index (χ2n) is 6.06. The van der Waals surface area contributed by atoms with E-state index in [2.05, 4.69) is 15.6 Å². The van der Waals surface area contributed by atoms with E-state index in [9.17, 15) is 9.59 Å². The first-order chi connectivity index (χ1) is 13.0. The molecule has 3 rings (SSSR count). The van der Waals surface area contributed by atoms with Crippen LogP contribution in [0.5, 0.6) is 0 Å². The molecule has 3 aromatic rings. The second-order valence-corrected chi connectivity index (χ2v) is 8.22. The van der Waals surface area contributed by atoms with Crippen molar-refractivity contribution in [1.29, 1.82) is 0 Å². The number of aryl methyl sites for hydroxylation is 1. The van der Waals surface area contributed by atoms with Crippen molar-refractivity contribution < 1.29 is 9.59 Å². The number of carbonyl (C=O) groups excluding carboxylic acids is 2. The number of hydrogen-bond donors (Lipinski definition) is 3. The molecular weight excluding hydrogens is 407 g/mol. The summed E-state index contributed by atoms with van der Waals surface area (Å²) in [5, 5.41) is 5.66. The Morgan fingerprint density at radius 1 is 1.07 bits per heavy atom. The standard InChI is InChI=1S/C20H20N4O2Se/c1-13-6-8-14(9-7-13)10-18(25)24-20-22-12-17(27-20)19(26)23-16-5-3-2-4-15(16)11-21/h2-9,12H,10-11,21H2,1H3,(H,23,26)(H,22,24,25). The van der Waals surface area contributed by atoms with E-state index in [0.717, 1.165) is 16.7 Å².